The molecule has 4 rings (SSSR count). The summed E-state index contributed by atoms with van der Waals surface area (Å²) >= 11 is 0. The van der Waals surface area contributed by atoms with E-state index >= 15 is 0 Å². The number of hydrogen-bond donors (Lipinski definition) is 1. The highest BCUT2D eigenvalue weighted by atomic mass is 19.1. The maximum absolute atomic E-state index is 14.5. The molecule has 1 aromatic carbocycles. The Balaban J connectivity index is 1.72. The minimum atomic E-state index is -1.18. The molecule has 0 spiro atoms. The van der Waals surface area contributed by atoms with Gasteiger partial charge in [-0.1, -0.05) is 58.2 Å². The van der Waals surface area contributed by atoms with Gasteiger partial charge in [-0.2, -0.15) is 5.10 Å². The minimum absolute atomic E-state index is 0.0239. The Morgan fingerprint density at radius 1 is 1.22 bits per heavy atom. The van der Waals surface area contributed by atoms with Crippen molar-refractivity contribution in [2.45, 2.75) is 89.9 Å². The van der Waals surface area contributed by atoms with Gasteiger partial charge in [-0.25, -0.2) is 4.39 Å². The number of hydrogen-bond acceptors (Lipinski definition) is 3. The summed E-state index contributed by atoms with van der Waals surface area (Å²) in [5.41, 5.74) is 0.214. The highest BCUT2D eigenvalue weighted by Gasteiger charge is 2.49. The largest absolute Gasteiger partial charge is 0.351 e. The summed E-state index contributed by atoms with van der Waals surface area (Å²) in [4.78, 5) is 28.8. The van der Waals surface area contributed by atoms with Gasteiger partial charge in [-0.05, 0) is 31.9 Å². The molecule has 2 amide bonds. The number of carbonyl (C=O) groups excluding carboxylic acids is 2. The molecule has 6 nitrogen and oxygen atoms in total. The highest BCUT2D eigenvalue weighted by Crippen LogP contribution is 2.32. The molecule has 7 heteroatoms. The summed E-state index contributed by atoms with van der Waals surface area (Å²) < 4.78 is 16.2. The average Bonchev–Trinajstić information content (AvgIpc) is 3.17. The second-order valence-electron chi connectivity index (χ2n) is 10.4. The fourth-order valence-electron chi connectivity index (χ4n) is 4.64. The molecule has 32 heavy (non-hydrogen) atoms. The van der Waals surface area contributed by atoms with E-state index in [0.717, 1.165) is 31.4 Å². The van der Waals surface area contributed by atoms with Gasteiger partial charge in [0.05, 0.1) is 18.8 Å². The van der Waals surface area contributed by atoms with Gasteiger partial charge < -0.3 is 10.2 Å². The van der Waals surface area contributed by atoms with Crippen LogP contribution in [0.5, 0.6) is 0 Å². The van der Waals surface area contributed by atoms with Crippen molar-refractivity contribution in [3.05, 3.63) is 53.1 Å². The third-order valence-corrected chi connectivity index (χ3v) is 6.78. The fourth-order valence-corrected chi connectivity index (χ4v) is 4.64. The molecule has 1 N–H and O–H groups in total. The van der Waals surface area contributed by atoms with Crippen LogP contribution in [0.1, 0.15) is 81.5 Å². The number of aromatic nitrogens is 2. The Hall–Kier alpha value is -2.70. The number of amides is 2. The van der Waals surface area contributed by atoms with Crippen LogP contribution >= 0.6 is 0 Å². The quantitative estimate of drug-likeness (QED) is 0.776. The summed E-state index contributed by atoms with van der Waals surface area (Å²) in [6.07, 6.45) is 5.28. The molecule has 1 saturated carbocycles. The summed E-state index contributed by atoms with van der Waals surface area (Å²) in [5, 5.41) is 7.85. The number of halogens is 1. The molecule has 0 radical (unpaired) electrons. The van der Waals surface area contributed by atoms with Gasteiger partial charge in [0.2, 0.25) is 5.91 Å². The Kier molecular flexibility index (Phi) is 5.86. The molecule has 2 aliphatic rings. The van der Waals surface area contributed by atoms with Gasteiger partial charge in [-0.15, -0.1) is 0 Å². The van der Waals surface area contributed by atoms with Gasteiger partial charge >= 0.3 is 0 Å². The van der Waals surface area contributed by atoms with E-state index in [0.29, 0.717) is 11.3 Å². The number of nitrogens with zero attached hydrogens (tertiary/aromatic N) is 3. The number of rotatable bonds is 4. The van der Waals surface area contributed by atoms with Crippen LogP contribution in [0.2, 0.25) is 0 Å². The molecule has 2 heterocycles. The lowest BCUT2D eigenvalue weighted by atomic mass is 9.90. The zero-order chi connectivity index (χ0) is 23.1. The molecule has 2 aromatic rings. The number of benzene rings is 1. The van der Waals surface area contributed by atoms with Crippen LogP contribution in [0, 0.1) is 5.82 Å². The normalized spacial score (nSPS) is 22.0. The van der Waals surface area contributed by atoms with Crippen molar-refractivity contribution < 1.29 is 14.0 Å². The second-order valence-corrected chi connectivity index (χ2v) is 10.4. The lowest BCUT2D eigenvalue weighted by Gasteiger charge is -2.44. The Morgan fingerprint density at radius 3 is 2.56 bits per heavy atom. The van der Waals surface area contributed by atoms with E-state index in [1.54, 1.807) is 35.9 Å². The van der Waals surface area contributed by atoms with Crippen LogP contribution in [0.25, 0.3) is 0 Å². The van der Waals surface area contributed by atoms with Gasteiger partial charge in [0, 0.05) is 17.0 Å². The molecule has 1 fully saturated rings. The van der Waals surface area contributed by atoms with Crippen molar-refractivity contribution in [3.8, 4) is 0 Å². The first kappa shape index (κ1) is 22.5. The van der Waals surface area contributed by atoms with Crippen molar-refractivity contribution in [2.24, 2.45) is 0 Å². The molecule has 172 valence electrons. The highest BCUT2D eigenvalue weighted by molar-refractivity contribution is 5.99. The third kappa shape index (κ3) is 4.17. The monoisotopic (exact) mass is 440 g/mol. The van der Waals surface area contributed by atoms with Gasteiger partial charge in [-0.3, -0.25) is 14.3 Å². The predicted molar refractivity (Wildman–Crippen MR) is 121 cm³/mol. The maximum atomic E-state index is 14.5. The van der Waals surface area contributed by atoms with Gasteiger partial charge in [0.25, 0.3) is 5.91 Å². The van der Waals surface area contributed by atoms with E-state index in [-0.39, 0.29) is 42.2 Å². The molecule has 0 saturated heterocycles. The second kappa shape index (κ2) is 8.34. The molecule has 1 aromatic heterocycles. The fraction of sp³-hybridized carbons (Fsp3) is 0.560. The van der Waals surface area contributed by atoms with Crippen LogP contribution in [0.3, 0.4) is 0 Å². The van der Waals surface area contributed by atoms with Crippen LogP contribution in [-0.4, -0.2) is 38.1 Å². The first-order valence-electron chi connectivity index (χ1n) is 11.5. The molecular formula is C25H33FN4O2. The zero-order valence-corrected chi connectivity index (χ0v) is 19.4. The summed E-state index contributed by atoms with van der Waals surface area (Å²) in [7, 11) is 0. The van der Waals surface area contributed by atoms with E-state index < -0.39 is 5.54 Å². The summed E-state index contributed by atoms with van der Waals surface area (Å²) in [5.74, 6) is -0.888. The smallest absolute Gasteiger partial charge is 0.273 e. The standard InChI is InChI=1S/C25H33FN4O2/c1-24(2,3)21-14-20-22(31)29(15-17-10-8-9-13-19(17)26)25(4,16-30(20)28-21)23(32)27-18-11-6-5-7-12-18/h8-10,13-14,18H,5-7,11-12,15-16H2,1-4H3,(H,27,32)/t25-/m0/s1. The Morgan fingerprint density at radius 2 is 1.91 bits per heavy atom. The maximum Gasteiger partial charge on any atom is 0.273 e. The van der Waals surface area contributed by atoms with E-state index in [1.807, 2.05) is 20.8 Å². The number of nitrogens with one attached hydrogen (secondary N) is 1. The lowest BCUT2D eigenvalue weighted by molar-refractivity contribution is -0.134. The van der Waals surface area contributed by atoms with E-state index in [2.05, 4.69) is 10.4 Å². The first-order chi connectivity index (χ1) is 15.1. The Bertz CT molecular complexity index is 1020. The molecule has 0 bridgehead atoms. The van der Waals surface area contributed by atoms with Crippen LogP contribution in [0.4, 0.5) is 4.39 Å². The van der Waals surface area contributed by atoms with Gasteiger partial charge in [0.15, 0.2) is 0 Å². The van der Waals surface area contributed by atoms with Crippen molar-refractivity contribution in [1.82, 2.24) is 20.0 Å². The third-order valence-electron chi connectivity index (χ3n) is 6.78. The minimum Gasteiger partial charge on any atom is -0.351 e. The zero-order valence-electron chi connectivity index (χ0n) is 19.4. The van der Waals surface area contributed by atoms with Crippen molar-refractivity contribution >= 4 is 11.8 Å². The molecule has 1 atom stereocenters. The van der Waals surface area contributed by atoms with E-state index in [9.17, 15) is 14.0 Å². The molecular weight excluding hydrogens is 407 g/mol. The van der Waals surface area contributed by atoms with E-state index in [4.69, 9.17) is 0 Å². The number of fused-ring (bicyclic) bond motifs is 1. The average molecular weight is 441 g/mol. The molecule has 0 unspecified atom stereocenters. The van der Waals surface area contributed by atoms with Crippen molar-refractivity contribution in [3.63, 3.8) is 0 Å². The predicted octanol–water partition coefficient (Wildman–Crippen LogP) is 4.18. The molecule has 1 aliphatic heterocycles. The van der Waals surface area contributed by atoms with Crippen LogP contribution < -0.4 is 5.32 Å². The van der Waals surface area contributed by atoms with E-state index in [1.165, 1.54) is 17.4 Å². The van der Waals surface area contributed by atoms with Crippen molar-refractivity contribution in [2.75, 3.05) is 0 Å². The summed E-state index contributed by atoms with van der Waals surface area (Å²) in [6, 6.07) is 8.32. The summed E-state index contributed by atoms with van der Waals surface area (Å²) in [6.45, 7) is 8.15. The lowest BCUT2D eigenvalue weighted by Crippen LogP contribution is -2.64. The van der Waals surface area contributed by atoms with Crippen LogP contribution in [-0.2, 0) is 23.3 Å². The number of carbonyl (C=O) groups is 2. The van der Waals surface area contributed by atoms with Crippen molar-refractivity contribution in [1.29, 1.82) is 0 Å². The first-order valence-corrected chi connectivity index (χ1v) is 11.5. The van der Waals surface area contributed by atoms with Gasteiger partial charge in [0.1, 0.15) is 17.1 Å². The van der Waals surface area contributed by atoms with Crippen LogP contribution in [0.15, 0.2) is 30.3 Å². The Labute approximate surface area is 189 Å². The topological polar surface area (TPSA) is 67.2 Å². The molecule has 1 aliphatic carbocycles. The SMILES string of the molecule is CC(C)(C)c1cc2n(n1)C[C@@](C)(C(=O)NC1CCCCC1)N(Cc1ccccc1F)C2=O.